The van der Waals surface area contributed by atoms with E-state index < -0.39 is 0 Å². The predicted octanol–water partition coefficient (Wildman–Crippen LogP) is 4.05. The van der Waals surface area contributed by atoms with Crippen molar-refractivity contribution in [3.8, 4) is 0 Å². The van der Waals surface area contributed by atoms with Gasteiger partial charge in [0.1, 0.15) is 5.03 Å². The molecule has 2 heterocycles. The SMILES string of the molecule is CC(=O)N1CCCC[C@H]1c1cccnc1SC(C)(C)C. The summed E-state index contributed by atoms with van der Waals surface area (Å²) in [4.78, 5) is 18.4. The van der Waals surface area contributed by atoms with Gasteiger partial charge in [-0.1, -0.05) is 26.8 Å². The van der Waals surface area contributed by atoms with Crippen molar-refractivity contribution < 1.29 is 4.79 Å². The number of nitrogens with zero attached hydrogens (tertiary/aromatic N) is 2. The first-order valence-corrected chi connectivity index (χ1v) is 8.11. The Labute approximate surface area is 126 Å². The molecule has 3 nitrogen and oxygen atoms in total. The molecule has 0 aromatic carbocycles. The van der Waals surface area contributed by atoms with Crippen LogP contribution in [0, 0.1) is 0 Å². The maximum Gasteiger partial charge on any atom is 0.219 e. The number of hydrogen-bond acceptors (Lipinski definition) is 3. The van der Waals surface area contributed by atoms with Crippen molar-refractivity contribution in [2.45, 2.75) is 62.8 Å². The van der Waals surface area contributed by atoms with Gasteiger partial charge < -0.3 is 4.90 Å². The van der Waals surface area contributed by atoms with E-state index in [1.165, 1.54) is 12.0 Å². The van der Waals surface area contributed by atoms with Crippen molar-refractivity contribution in [1.82, 2.24) is 9.88 Å². The van der Waals surface area contributed by atoms with Crippen molar-refractivity contribution in [3.63, 3.8) is 0 Å². The number of aromatic nitrogens is 1. The maximum atomic E-state index is 11.9. The fourth-order valence-electron chi connectivity index (χ4n) is 2.66. The molecule has 1 aromatic heterocycles. The van der Waals surface area contributed by atoms with E-state index in [4.69, 9.17) is 0 Å². The van der Waals surface area contributed by atoms with Crippen molar-refractivity contribution in [3.05, 3.63) is 23.9 Å². The summed E-state index contributed by atoms with van der Waals surface area (Å²) in [5.41, 5.74) is 1.21. The van der Waals surface area contributed by atoms with E-state index in [9.17, 15) is 4.79 Å². The molecule has 0 bridgehead atoms. The van der Waals surface area contributed by atoms with Crippen LogP contribution in [0.25, 0.3) is 0 Å². The fourth-order valence-corrected chi connectivity index (χ4v) is 3.68. The minimum Gasteiger partial charge on any atom is -0.336 e. The molecule has 0 N–H and O–H groups in total. The van der Waals surface area contributed by atoms with Gasteiger partial charge in [0.05, 0.1) is 6.04 Å². The van der Waals surface area contributed by atoms with Gasteiger partial charge in [-0.15, -0.1) is 11.8 Å². The Morgan fingerprint density at radius 3 is 2.80 bits per heavy atom. The highest BCUT2D eigenvalue weighted by molar-refractivity contribution is 8.00. The first-order valence-electron chi connectivity index (χ1n) is 7.29. The smallest absolute Gasteiger partial charge is 0.219 e. The van der Waals surface area contributed by atoms with Gasteiger partial charge in [0.2, 0.25) is 5.91 Å². The largest absolute Gasteiger partial charge is 0.336 e. The summed E-state index contributed by atoms with van der Waals surface area (Å²) in [6.07, 6.45) is 5.18. The fraction of sp³-hybridized carbons (Fsp3) is 0.625. The second-order valence-electron chi connectivity index (χ2n) is 6.34. The third kappa shape index (κ3) is 3.75. The van der Waals surface area contributed by atoms with Crippen LogP contribution in [-0.2, 0) is 4.79 Å². The Balaban J connectivity index is 2.33. The zero-order valence-corrected chi connectivity index (χ0v) is 13.7. The molecule has 110 valence electrons. The van der Waals surface area contributed by atoms with Crippen molar-refractivity contribution in [2.75, 3.05) is 6.54 Å². The molecule has 20 heavy (non-hydrogen) atoms. The highest BCUT2D eigenvalue weighted by Gasteiger charge is 2.29. The molecule has 1 saturated heterocycles. The van der Waals surface area contributed by atoms with E-state index in [1.807, 2.05) is 17.2 Å². The van der Waals surface area contributed by atoms with Crippen LogP contribution in [0.15, 0.2) is 23.4 Å². The Morgan fingerprint density at radius 1 is 1.40 bits per heavy atom. The molecule has 1 aliphatic rings. The van der Waals surface area contributed by atoms with Gasteiger partial charge in [-0.2, -0.15) is 0 Å². The van der Waals surface area contributed by atoms with Gasteiger partial charge in [0.15, 0.2) is 0 Å². The van der Waals surface area contributed by atoms with Crippen LogP contribution in [0.3, 0.4) is 0 Å². The maximum absolute atomic E-state index is 11.9. The molecule has 1 fully saturated rings. The van der Waals surface area contributed by atoms with E-state index >= 15 is 0 Å². The minimum absolute atomic E-state index is 0.124. The van der Waals surface area contributed by atoms with Crippen LogP contribution >= 0.6 is 11.8 Å². The number of likely N-dealkylation sites (tertiary alicyclic amines) is 1. The highest BCUT2D eigenvalue weighted by atomic mass is 32.2. The second kappa shape index (κ2) is 6.17. The van der Waals surface area contributed by atoms with Gasteiger partial charge in [-0.05, 0) is 25.3 Å². The monoisotopic (exact) mass is 292 g/mol. The molecule has 0 saturated carbocycles. The summed E-state index contributed by atoms with van der Waals surface area (Å²) in [5, 5.41) is 1.07. The summed E-state index contributed by atoms with van der Waals surface area (Å²) in [7, 11) is 0. The molecule has 0 radical (unpaired) electrons. The number of piperidine rings is 1. The van der Waals surface area contributed by atoms with Gasteiger partial charge >= 0.3 is 0 Å². The number of amides is 1. The number of carbonyl (C=O) groups excluding carboxylic acids is 1. The summed E-state index contributed by atoms with van der Waals surface area (Å²) in [6.45, 7) is 9.12. The van der Waals surface area contributed by atoms with Crippen LogP contribution in [0.4, 0.5) is 0 Å². The Morgan fingerprint density at radius 2 is 2.15 bits per heavy atom. The number of pyridine rings is 1. The number of carbonyl (C=O) groups is 1. The topological polar surface area (TPSA) is 33.2 Å². The molecule has 4 heteroatoms. The van der Waals surface area contributed by atoms with E-state index in [0.717, 1.165) is 24.4 Å². The summed E-state index contributed by atoms with van der Waals surface area (Å²) >= 11 is 1.79. The molecule has 1 aliphatic heterocycles. The lowest BCUT2D eigenvalue weighted by molar-refractivity contribution is -0.132. The Hall–Kier alpha value is -1.03. The quantitative estimate of drug-likeness (QED) is 0.771. The summed E-state index contributed by atoms with van der Waals surface area (Å²) in [6, 6.07) is 4.31. The first kappa shape index (κ1) is 15.4. The molecular weight excluding hydrogens is 268 g/mol. The zero-order valence-electron chi connectivity index (χ0n) is 12.8. The molecular formula is C16H24N2OS. The van der Waals surface area contributed by atoms with Crippen molar-refractivity contribution >= 4 is 17.7 Å². The average Bonchev–Trinajstić information content (AvgIpc) is 2.37. The van der Waals surface area contributed by atoms with E-state index in [-0.39, 0.29) is 16.7 Å². The summed E-state index contributed by atoms with van der Waals surface area (Å²) in [5.74, 6) is 0.172. The highest BCUT2D eigenvalue weighted by Crippen LogP contribution is 2.39. The molecule has 0 unspecified atom stereocenters. The lowest BCUT2D eigenvalue weighted by Crippen LogP contribution is -2.37. The minimum atomic E-state index is 0.124. The normalized spacial score (nSPS) is 20.0. The Kier molecular flexibility index (Phi) is 4.74. The van der Waals surface area contributed by atoms with Gasteiger partial charge in [-0.25, -0.2) is 4.98 Å². The van der Waals surface area contributed by atoms with Gasteiger partial charge in [0, 0.05) is 30.0 Å². The zero-order chi connectivity index (χ0) is 14.8. The second-order valence-corrected chi connectivity index (χ2v) is 8.15. The average molecular weight is 292 g/mol. The summed E-state index contributed by atoms with van der Waals surface area (Å²) < 4.78 is 0.124. The number of hydrogen-bond donors (Lipinski definition) is 0. The van der Waals surface area contributed by atoms with Gasteiger partial charge in [-0.3, -0.25) is 4.79 Å². The van der Waals surface area contributed by atoms with Crippen LogP contribution < -0.4 is 0 Å². The van der Waals surface area contributed by atoms with Crippen LogP contribution in [0.1, 0.15) is 58.6 Å². The number of thioether (sulfide) groups is 1. The lowest BCUT2D eigenvalue weighted by atomic mass is 9.96. The third-order valence-electron chi connectivity index (χ3n) is 3.47. The molecule has 2 rings (SSSR count). The van der Waals surface area contributed by atoms with E-state index in [1.54, 1.807) is 18.7 Å². The first-order chi connectivity index (χ1) is 9.38. The molecule has 1 atom stereocenters. The van der Waals surface area contributed by atoms with Crippen molar-refractivity contribution in [1.29, 1.82) is 0 Å². The van der Waals surface area contributed by atoms with Crippen LogP contribution in [0.2, 0.25) is 0 Å². The molecule has 1 aromatic rings. The molecule has 0 aliphatic carbocycles. The van der Waals surface area contributed by atoms with Crippen molar-refractivity contribution in [2.24, 2.45) is 0 Å². The van der Waals surface area contributed by atoms with Crippen LogP contribution in [0.5, 0.6) is 0 Å². The Bertz CT molecular complexity index is 482. The lowest BCUT2D eigenvalue weighted by Gasteiger charge is -2.36. The van der Waals surface area contributed by atoms with Crippen LogP contribution in [-0.4, -0.2) is 27.1 Å². The molecule has 0 spiro atoms. The number of rotatable bonds is 2. The predicted molar refractivity (Wildman–Crippen MR) is 83.8 cm³/mol. The molecule has 1 amide bonds. The van der Waals surface area contributed by atoms with Gasteiger partial charge in [0.25, 0.3) is 0 Å². The van der Waals surface area contributed by atoms with E-state index in [0.29, 0.717) is 0 Å². The van der Waals surface area contributed by atoms with E-state index in [2.05, 4.69) is 31.8 Å². The standard InChI is InChI=1S/C16H24N2OS/c1-12(19)18-11-6-5-9-14(18)13-8-7-10-17-15(13)20-16(2,3)4/h7-8,10,14H,5-6,9,11H2,1-4H3/t14-/m0/s1. The third-order valence-corrected chi connectivity index (χ3v) is 4.62.